The van der Waals surface area contributed by atoms with Gasteiger partial charge in [0, 0.05) is 16.0 Å². The zero-order valence-corrected chi connectivity index (χ0v) is 22.3. The van der Waals surface area contributed by atoms with Crippen molar-refractivity contribution in [1.29, 1.82) is 0 Å². The molecule has 0 atom stereocenters. The molecule has 0 bridgehead atoms. The first-order valence-electron chi connectivity index (χ1n) is 12.0. The van der Waals surface area contributed by atoms with E-state index in [-0.39, 0.29) is 35.5 Å². The molecule has 0 radical (unpaired) electrons. The molecule has 10 heteroatoms. The molecule has 5 rings (SSSR count). The summed E-state index contributed by atoms with van der Waals surface area (Å²) in [5, 5.41) is 2.81. The van der Waals surface area contributed by atoms with Crippen LogP contribution in [0.15, 0.2) is 76.4 Å². The molecule has 1 aliphatic rings. The summed E-state index contributed by atoms with van der Waals surface area (Å²) in [5.41, 5.74) is 2.96. The SMILES string of the molecule is Cc1c(Cl)ccc2c(=O)c(OCCOc3ccc(CC=C4SC(=O)NC4=O)cc3)c(-c3ccc(F)cc3)[nH]c12. The molecule has 3 aromatic carbocycles. The van der Waals surface area contributed by atoms with Crippen molar-refractivity contribution in [3.8, 4) is 22.8 Å². The van der Waals surface area contributed by atoms with Crippen LogP contribution in [0.2, 0.25) is 5.02 Å². The van der Waals surface area contributed by atoms with Crippen LogP contribution in [-0.2, 0) is 11.2 Å². The van der Waals surface area contributed by atoms with Crippen LogP contribution in [0.1, 0.15) is 11.1 Å². The van der Waals surface area contributed by atoms with Gasteiger partial charge in [0.1, 0.15) is 24.8 Å². The highest BCUT2D eigenvalue weighted by Crippen LogP contribution is 2.31. The van der Waals surface area contributed by atoms with E-state index in [0.29, 0.717) is 44.3 Å². The standard InChI is InChI=1S/C29H22ClFN2O5S/c1-16-22(30)12-11-21-24(16)32-25(18-5-7-19(31)8-6-18)27(26(21)34)38-15-14-37-20-9-2-17(3-10-20)4-13-23-28(35)33-29(36)39-23/h2-3,5-13H,4,14-15H2,1H3,(H,32,34)(H,33,35,36). The van der Waals surface area contributed by atoms with Gasteiger partial charge in [-0.3, -0.25) is 19.7 Å². The van der Waals surface area contributed by atoms with E-state index in [4.69, 9.17) is 21.1 Å². The van der Waals surface area contributed by atoms with Crippen LogP contribution >= 0.6 is 23.4 Å². The van der Waals surface area contributed by atoms with Gasteiger partial charge >= 0.3 is 0 Å². The van der Waals surface area contributed by atoms with E-state index in [0.717, 1.165) is 22.9 Å². The average Bonchev–Trinajstić information content (AvgIpc) is 3.26. The number of allylic oxidation sites excluding steroid dienone is 1. The van der Waals surface area contributed by atoms with Crippen molar-refractivity contribution in [2.45, 2.75) is 13.3 Å². The second kappa shape index (κ2) is 11.3. The summed E-state index contributed by atoms with van der Waals surface area (Å²) in [6.07, 6.45) is 2.21. The summed E-state index contributed by atoms with van der Waals surface area (Å²) in [4.78, 5) is 40.0. The number of thioether (sulfide) groups is 1. The number of amides is 2. The monoisotopic (exact) mass is 564 g/mol. The van der Waals surface area contributed by atoms with E-state index in [1.807, 2.05) is 19.1 Å². The first-order chi connectivity index (χ1) is 18.8. The molecule has 1 fully saturated rings. The summed E-state index contributed by atoms with van der Waals surface area (Å²) in [6.45, 7) is 2.07. The minimum absolute atomic E-state index is 0.0869. The van der Waals surface area contributed by atoms with E-state index in [1.54, 1.807) is 42.5 Å². The Bertz CT molecular complexity index is 1670. The van der Waals surface area contributed by atoms with Gasteiger partial charge in [-0.05, 0) is 84.8 Å². The number of H-pyrrole nitrogens is 1. The van der Waals surface area contributed by atoms with Crippen LogP contribution in [0, 0.1) is 12.7 Å². The molecule has 2 heterocycles. The molecule has 198 valence electrons. The smallest absolute Gasteiger partial charge is 0.290 e. The van der Waals surface area contributed by atoms with Crippen molar-refractivity contribution in [2.24, 2.45) is 0 Å². The lowest BCUT2D eigenvalue weighted by molar-refractivity contribution is -0.115. The Morgan fingerprint density at radius 2 is 1.67 bits per heavy atom. The van der Waals surface area contributed by atoms with Crippen molar-refractivity contribution in [1.82, 2.24) is 10.3 Å². The molecule has 0 aliphatic carbocycles. The van der Waals surface area contributed by atoms with Gasteiger partial charge in [-0.1, -0.05) is 29.8 Å². The topological polar surface area (TPSA) is 97.5 Å². The highest BCUT2D eigenvalue weighted by Gasteiger charge is 2.24. The lowest BCUT2D eigenvalue weighted by Gasteiger charge is -2.15. The number of benzene rings is 3. The van der Waals surface area contributed by atoms with Crippen molar-refractivity contribution < 1.29 is 23.5 Å². The van der Waals surface area contributed by atoms with Gasteiger partial charge in [0.15, 0.2) is 5.75 Å². The maximum Gasteiger partial charge on any atom is 0.290 e. The molecule has 2 amide bonds. The van der Waals surface area contributed by atoms with Crippen molar-refractivity contribution >= 4 is 45.4 Å². The first-order valence-corrected chi connectivity index (χ1v) is 13.2. The number of hydrogen-bond acceptors (Lipinski definition) is 6. The number of carbonyl (C=O) groups is 2. The van der Waals surface area contributed by atoms with Crippen molar-refractivity contribution in [2.75, 3.05) is 13.2 Å². The summed E-state index contributed by atoms with van der Waals surface area (Å²) < 4.78 is 25.3. The zero-order chi connectivity index (χ0) is 27.5. The second-order valence-corrected chi connectivity index (χ2v) is 10.1. The summed E-state index contributed by atoms with van der Waals surface area (Å²) in [5.74, 6) is -0.0564. The van der Waals surface area contributed by atoms with Crippen molar-refractivity contribution in [3.05, 3.63) is 104 Å². The Morgan fingerprint density at radius 1 is 0.949 bits per heavy atom. The van der Waals surface area contributed by atoms with Gasteiger partial charge in [-0.25, -0.2) is 4.39 Å². The number of halogens is 2. The van der Waals surface area contributed by atoms with Crippen LogP contribution in [0.4, 0.5) is 9.18 Å². The van der Waals surface area contributed by atoms with Crippen LogP contribution in [0.5, 0.6) is 11.5 Å². The lowest BCUT2D eigenvalue weighted by Crippen LogP contribution is -2.17. The number of aryl methyl sites for hydroxylation is 1. The van der Waals surface area contributed by atoms with E-state index in [1.165, 1.54) is 12.1 Å². The van der Waals surface area contributed by atoms with Crippen molar-refractivity contribution in [3.63, 3.8) is 0 Å². The molecule has 39 heavy (non-hydrogen) atoms. The number of aromatic amines is 1. The minimum atomic E-state index is -0.391. The predicted molar refractivity (Wildman–Crippen MR) is 150 cm³/mol. The number of rotatable bonds is 8. The fourth-order valence-electron chi connectivity index (χ4n) is 4.11. The molecule has 1 aliphatic heterocycles. The van der Waals surface area contributed by atoms with Gasteiger partial charge in [0.2, 0.25) is 5.43 Å². The van der Waals surface area contributed by atoms with Crippen LogP contribution in [0.3, 0.4) is 0 Å². The fourth-order valence-corrected chi connectivity index (χ4v) is 4.92. The first kappa shape index (κ1) is 26.5. The number of pyridine rings is 1. The molecule has 0 saturated carbocycles. The number of nitrogens with one attached hydrogen (secondary N) is 2. The Labute approximate surface area is 232 Å². The molecular formula is C29H22ClFN2O5S. The average molecular weight is 565 g/mol. The van der Waals surface area contributed by atoms with E-state index in [9.17, 15) is 18.8 Å². The van der Waals surface area contributed by atoms with Crippen LogP contribution in [-0.4, -0.2) is 29.3 Å². The van der Waals surface area contributed by atoms with Gasteiger partial charge < -0.3 is 14.5 Å². The molecular weight excluding hydrogens is 543 g/mol. The Kier molecular flexibility index (Phi) is 7.72. The Morgan fingerprint density at radius 3 is 2.36 bits per heavy atom. The lowest BCUT2D eigenvalue weighted by atomic mass is 10.1. The second-order valence-electron chi connectivity index (χ2n) is 8.72. The molecule has 1 aromatic heterocycles. The normalized spacial score (nSPS) is 14.2. The molecule has 4 aromatic rings. The third-order valence-corrected chi connectivity index (χ3v) is 7.42. The number of hydrogen-bond donors (Lipinski definition) is 2. The highest BCUT2D eigenvalue weighted by atomic mass is 35.5. The van der Waals surface area contributed by atoms with Gasteiger partial charge in [-0.2, -0.15) is 0 Å². The minimum Gasteiger partial charge on any atom is -0.490 e. The molecule has 0 spiro atoms. The van der Waals surface area contributed by atoms with E-state index < -0.39 is 5.82 Å². The van der Waals surface area contributed by atoms with Crippen LogP contribution in [0.25, 0.3) is 22.2 Å². The maximum absolute atomic E-state index is 13.6. The molecule has 0 unspecified atom stereocenters. The highest BCUT2D eigenvalue weighted by molar-refractivity contribution is 8.18. The zero-order valence-electron chi connectivity index (χ0n) is 20.7. The van der Waals surface area contributed by atoms with E-state index in [2.05, 4.69) is 10.3 Å². The maximum atomic E-state index is 13.6. The third kappa shape index (κ3) is 5.84. The van der Waals surface area contributed by atoms with Gasteiger partial charge in [0.25, 0.3) is 11.1 Å². The summed E-state index contributed by atoms with van der Waals surface area (Å²) >= 11 is 7.16. The third-order valence-electron chi connectivity index (χ3n) is 6.15. The number of ether oxygens (including phenoxy) is 2. The van der Waals surface area contributed by atoms with E-state index >= 15 is 0 Å². The number of imide groups is 1. The summed E-state index contributed by atoms with van der Waals surface area (Å²) in [7, 11) is 0. The Hall–Kier alpha value is -4.08. The largest absolute Gasteiger partial charge is 0.490 e. The molecule has 1 saturated heterocycles. The fraction of sp³-hybridized carbons (Fsp3) is 0.138. The van der Waals surface area contributed by atoms with Gasteiger partial charge in [-0.15, -0.1) is 0 Å². The number of fused-ring (bicyclic) bond motifs is 1. The molecule has 7 nitrogen and oxygen atoms in total. The number of carbonyl (C=O) groups excluding carboxylic acids is 2. The predicted octanol–water partition coefficient (Wildman–Crippen LogP) is 6.16. The number of aromatic nitrogens is 1. The summed E-state index contributed by atoms with van der Waals surface area (Å²) in [6, 6.07) is 16.4. The van der Waals surface area contributed by atoms with Crippen LogP contribution < -0.4 is 20.2 Å². The quantitative estimate of drug-likeness (QED) is 0.196. The Balaban J connectivity index is 1.28. The molecule has 2 N–H and O–H groups in total. The van der Waals surface area contributed by atoms with Gasteiger partial charge in [0.05, 0.1) is 16.1 Å².